The van der Waals surface area contributed by atoms with Crippen LogP contribution in [-0.4, -0.2) is 105 Å². The molecule has 0 radical (unpaired) electrons. The van der Waals surface area contributed by atoms with E-state index in [0.717, 1.165) is 5.82 Å². The number of ether oxygens (including phenoxy) is 2. The second kappa shape index (κ2) is 14.4. The fraction of sp³-hybridized carbons (Fsp3) is 0.485. The molecule has 5 rings (SSSR count). The molecule has 1 aromatic carbocycles. The molecule has 0 saturated carbocycles. The Morgan fingerprint density at radius 2 is 1.76 bits per heavy atom. The zero-order chi connectivity index (χ0) is 35.6. The van der Waals surface area contributed by atoms with Crippen molar-refractivity contribution in [3.05, 3.63) is 66.5 Å². The van der Waals surface area contributed by atoms with Gasteiger partial charge in [-0.25, -0.2) is 18.9 Å². The van der Waals surface area contributed by atoms with Gasteiger partial charge < -0.3 is 19.3 Å². The number of amides is 2. The molecule has 4 heterocycles. The van der Waals surface area contributed by atoms with E-state index in [2.05, 4.69) is 20.3 Å². The molecule has 49 heavy (non-hydrogen) atoms. The van der Waals surface area contributed by atoms with Gasteiger partial charge in [-0.3, -0.25) is 14.8 Å². The fourth-order valence-corrected chi connectivity index (χ4v) is 8.32. The maximum absolute atomic E-state index is 14.1. The van der Waals surface area contributed by atoms with Crippen molar-refractivity contribution in [3.63, 3.8) is 0 Å². The summed E-state index contributed by atoms with van der Waals surface area (Å²) in [4.78, 5) is 49.0. The van der Waals surface area contributed by atoms with Gasteiger partial charge in [0, 0.05) is 63.3 Å². The Morgan fingerprint density at radius 1 is 1.06 bits per heavy atom. The molecule has 14 nitrogen and oxygen atoms in total. The van der Waals surface area contributed by atoms with Crippen molar-refractivity contribution >= 4 is 45.6 Å². The second-order valence-electron chi connectivity index (χ2n) is 13.6. The first-order valence-electron chi connectivity index (χ1n) is 15.9. The Labute approximate surface area is 291 Å². The predicted molar refractivity (Wildman–Crippen MR) is 185 cm³/mol. The van der Waals surface area contributed by atoms with Crippen molar-refractivity contribution in [3.8, 4) is 5.75 Å². The zero-order valence-corrected chi connectivity index (χ0v) is 30.2. The largest absolute Gasteiger partial charge is 0.458 e. The van der Waals surface area contributed by atoms with Crippen LogP contribution in [0.2, 0.25) is 0 Å². The average Bonchev–Trinajstić information content (AvgIpc) is 3.66. The molecule has 0 aliphatic carbocycles. The number of aromatic nitrogens is 3. The van der Waals surface area contributed by atoms with Gasteiger partial charge in [0.2, 0.25) is 0 Å². The molecule has 2 saturated heterocycles. The highest BCUT2D eigenvalue weighted by Gasteiger charge is 2.47. The highest BCUT2D eigenvalue weighted by Crippen LogP contribution is 2.31. The predicted octanol–water partition coefficient (Wildman–Crippen LogP) is 3.05. The molecule has 2 aliphatic rings. The molecule has 3 aromatic rings. The number of carbonyl (C=O) groups excluding carboxylic acids is 3. The summed E-state index contributed by atoms with van der Waals surface area (Å²) in [5, 5.41) is 5.94. The molecule has 0 bridgehead atoms. The van der Waals surface area contributed by atoms with Crippen LogP contribution in [0, 0.1) is 0 Å². The lowest BCUT2D eigenvalue weighted by Crippen LogP contribution is -2.56. The number of esters is 1. The van der Waals surface area contributed by atoms with Crippen LogP contribution in [0.5, 0.6) is 5.75 Å². The number of anilines is 1. The summed E-state index contributed by atoms with van der Waals surface area (Å²) in [6.07, 6.45) is 2.49. The van der Waals surface area contributed by atoms with Crippen molar-refractivity contribution in [2.75, 3.05) is 36.8 Å². The van der Waals surface area contributed by atoms with Crippen LogP contribution in [0.1, 0.15) is 40.2 Å². The van der Waals surface area contributed by atoms with Crippen molar-refractivity contribution in [1.82, 2.24) is 29.3 Å². The first kappa shape index (κ1) is 36.1. The number of carbonyl (C=O) groups is 3. The number of pyridine rings is 1. The third-order valence-corrected chi connectivity index (χ3v) is 11.1. The number of benzene rings is 1. The molecule has 0 unspecified atom stereocenters. The fourth-order valence-electron chi connectivity index (χ4n) is 5.42. The number of hydrogen-bond donors (Lipinski definition) is 1. The van der Waals surface area contributed by atoms with E-state index in [9.17, 15) is 22.8 Å². The number of sulfonamides is 1. The number of piperazine rings is 1. The van der Waals surface area contributed by atoms with Gasteiger partial charge in [-0.2, -0.15) is 13.5 Å². The molecule has 264 valence electrons. The van der Waals surface area contributed by atoms with Crippen molar-refractivity contribution < 1.29 is 32.3 Å². The van der Waals surface area contributed by atoms with Gasteiger partial charge >= 0.3 is 12.1 Å². The van der Waals surface area contributed by atoms with Crippen LogP contribution in [0.4, 0.5) is 10.6 Å². The number of hydrogen-bond acceptors (Lipinski definition) is 12. The van der Waals surface area contributed by atoms with Gasteiger partial charge in [0.15, 0.2) is 5.03 Å². The van der Waals surface area contributed by atoms with Gasteiger partial charge in [0.25, 0.3) is 15.9 Å². The van der Waals surface area contributed by atoms with E-state index in [1.807, 2.05) is 32.0 Å². The smallest absolute Gasteiger partial charge is 0.415 e. The first-order valence-corrected chi connectivity index (χ1v) is 18.4. The number of nitrogens with one attached hydrogen (secondary N) is 1. The van der Waals surface area contributed by atoms with Crippen LogP contribution in [0.25, 0.3) is 0 Å². The lowest BCUT2D eigenvalue weighted by Gasteiger charge is -2.34. The highest BCUT2D eigenvalue weighted by molar-refractivity contribution is 8.01. The van der Waals surface area contributed by atoms with Crippen LogP contribution < -0.4 is 15.0 Å². The third kappa shape index (κ3) is 8.91. The van der Waals surface area contributed by atoms with E-state index in [1.165, 1.54) is 28.7 Å². The minimum absolute atomic E-state index is 0.197. The summed E-state index contributed by atoms with van der Waals surface area (Å²) in [6.45, 7) is 11.0. The molecule has 1 N–H and O–H groups in total. The van der Waals surface area contributed by atoms with Gasteiger partial charge in [-0.15, -0.1) is 11.8 Å². The normalized spacial score (nSPS) is 18.5. The van der Waals surface area contributed by atoms with Gasteiger partial charge in [-0.05, 0) is 70.5 Å². The average molecular weight is 714 g/mol. The van der Waals surface area contributed by atoms with Crippen molar-refractivity contribution in [1.29, 1.82) is 0 Å². The Morgan fingerprint density at radius 3 is 2.31 bits per heavy atom. The van der Waals surface area contributed by atoms with E-state index in [-0.39, 0.29) is 17.2 Å². The lowest BCUT2D eigenvalue weighted by atomic mass is 10.0. The topological polar surface area (TPSA) is 156 Å². The maximum Gasteiger partial charge on any atom is 0.415 e. The summed E-state index contributed by atoms with van der Waals surface area (Å²) < 4.78 is 41.6. The van der Waals surface area contributed by atoms with E-state index < -0.39 is 50.5 Å². The molecule has 2 atom stereocenters. The molecule has 2 fully saturated rings. The van der Waals surface area contributed by atoms with Gasteiger partial charge in [-0.1, -0.05) is 18.2 Å². The first-order chi connectivity index (χ1) is 23.0. The minimum Gasteiger partial charge on any atom is -0.458 e. The summed E-state index contributed by atoms with van der Waals surface area (Å²) in [7, 11) is -3.06. The summed E-state index contributed by atoms with van der Waals surface area (Å²) in [5.74, 6) is -0.00442. The number of thioether (sulfide) groups is 1. The number of nitrogens with zero attached hydrogens (tertiary/aromatic N) is 6. The summed E-state index contributed by atoms with van der Waals surface area (Å²) >= 11 is 1.27. The van der Waals surface area contributed by atoms with Crippen molar-refractivity contribution in [2.24, 2.45) is 7.05 Å². The van der Waals surface area contributed by atoms with E-state index in [0.29, 0.717) is 41.8 Å². The van der Waals surface area contributed by atoms with Gasteiger partial charge in [0.05, 0.1) is 0 Å². The van der Waals surface area contributed by atoms with Crippen LogP contribution >= 0.6 is 11.8 Å². The molecule has 2 amide bonds. The Balaban J connectivity index is 1.36. The van der Waals surface area contributed by atoms with Crippen molar-refractivity contribution in [2.45, 2.75) is 68.6 Å². The molecule has 0 spiro atoms. The highest BCUT2D eigenvalue weighted by atomic mass is 32.2. The van der Waals surface area contributed by atoms with Crippen LogP contribution in [-0.2, 0) is 37.8 Å². The van der Waals surface area contributed by atoms with Crippen LogP contribution in [0.3, 0.4) is 0 Å². The Hall–Kier alpha value is -4.15. The maximum atomic E-state index is 14.1. The van der Waals surface area contributed by atoms with Crippen LogP contribution in [0.15, 0.2) is 66.0 Å². The minimum atomic E-state index is -4.62. The van der Waals surface area contributed by atoms with E-state index in [4.69, 9.17) is 9.47 Å². The third-order valence-electron chi connectivity index (χ3n) is 7.82. The molecule has 2 aliphatic heterocycles. The van der Waals surface area contributed by atoms with E-state index in [1.54, 1.807) is 63.2 Å². The SMILES string of the molecule is Cn1ccc(S(=O)(=O)N(C(=O)[C@H]2NC(C)(C)CS2)[C@@H](Cc2ccc(OC(=O)N3CCN(c4ccccn4)CC3)cc2)C(=O)OC(C)(C)C)n1. The quantitative estimate of drug-likeness (QED) is 0.324. The molecule has 16 heteroatoms. The summed E-state index contributed by atoms with van der Waals surface area (Å²) in [6, 6.07) is 11.8. The van der Waals surface area contributed by atoms with E-state index >= 15 is 0 Å². The molecule has 2 aromatic heterocycles. The molecular weight excluding hydrogens is 671 g/mol. The van der Waals surface area contributed by atoms with Gasteiger partial charge in [0.1, 0.15) is 28.6 Å². The lowest BCUT2D eigenvalue weighted by molar-refractivity contribution is -0.161. The molecular formula is C33H43N7O7S2. The summed E-state index contributed by atoms with van der Waals surface area (Å²) in [5.41, 5.74) is -0.893. The number of rotatable bonds is 9. The Kier molecular flexibility index (Phi) is 10.6. The standard InChI is InChI=1S/C33H43N7O7S2/c1-32(2,3)47-30(42)25(40(29(41)28-35-33(4,5)22-48-28)49(44,45)27-14-16-37(6)36-27)21-23-10-12-24(13-11-23)46-31(43)39-19-17-38(18-20-39)26-9-7-8-15-34-26/h7-16,25,28,35H,17-22H2,1-6H3/t25-,28-/m0/s1. The zero-order valence-electron chi connectivity index (χ0n) is 28.5. The second-order valence-corrected chi connectivity index (χ2v) is 16.5. The monoisotopic (exact) mass is 713 g/mol. The number of aryl methyl sites for hydroxylation is 1. The Bertz CT molecular complexity index is 1750.